The summed E-state index contributed by atoms with van der Waals surface area (Å²) in [7, 11) is -3.81. The number of nitrogens with zero attached hydrogens (tertiary/aromatic N) is 1. The lowest BCUT2D eigenvalue weighted by Gasteiger charge is -2.16. The molecule has 1 rings (SSSR count). The van der Waals surface area contributed by atoms with E-state index >= 15 is 0 Å². The molecule has 0 spiro atoms. The molecule has 0 saturated heterocycles. The van der Waals surface area contributed by atoms with Gasteiger partial charge in [0.2, 0.25) is 0 Å². The van der Waals surface area contributed by atoms with E-state index in [0.29, 0.717) is 11.4 Å². The molecule has 18 heavy (non-hydrogen) atoms. The number of aryl methyl sites for hydroxylation is 1. The Morgan fingerprint density at radius 1 is 1.56 bits per heavy atom. The van der Waals surface area contributed by atoms with Crippen molar-refractivity contribution in [3.8, 4) is 0 Å². The Hall–Kier alpha value is -0.990. The van der Waals surface area contributed by atoms with Crippen LogP contribution in [0, 0.1) is 5.92 Å². The molecule has 1 unspecified atom stereocenters. The molecule has 1 aromatic rings. The molecule has 1 aromatic heterocycles. The molecule has 2 N–H and O–H groups in total. The number of rotatable bonds is 6. The van der Waals surface area contributed by atoms with Crippen molar-refractivity contribution in [3.05, 3.63) is 11.2 Å². The summed E-state index contributed by atoms with van der Waals surface area (Å²) in [5.41, 5.74) is 0. The average Bonchev–Trinajstić information content (AvgIpc) is 2.74. The predicted molar refractivity (Wildman–Crippen MR) is 68.1 cm³/mol. The van der Waals surface area contributed by atoms with E-state index in [1.54, 1.807) is 13.8 Å². The fraction of sp³-hybridized carbons (Fsp3) is 0.600. The smallest absolute Gasteiger partial charge is 0.322 e. The van der Waals surface area contributed by atoms with Crippen LogP contribution in [0.3, 0.4) is 0 Å². The van der Waals surface area contributed by atoms with Crippen molar-refractivity contribution in [2.45, 2.75) is 37.4 Å². The Bertz CT molecular complexity index is 522. The Kier molecular flexibility index (Phi) is 4.83. The molecule has 6 nitrogen and oxygen atoms in total. The molecule has 0 bridgehead atoms. The van der Waals surface area contributed by atoms with Crippen LogP contribution >= 0.6 is 11.3 Å². The van der Waals surface area contributed by atoms with Crippen molar-refractivity contribution < 1.29 is 18.3 Å². The molecule has 8 heteroatoms. The summed E-state index contributed by atoms with van der Waals surface area (Å²) < 4.78 is 26.2. The lowest BCUT2D eigenvalue weighted by atomic mass is 10.1. The van der Waals surface area contributed by atoms with Gasteiger partial charge in [-0.05, 0) is 12.3 Å². The number of sulfonamides is 1. The van der Waals surface area contributed by atoms with Gasteiger partial charge in [0.25, 0.3) is 10.0 Å². The zero-order valence-electron chi connectivity index (χ0n) is 10.4. The molecule has 0 aliphatic carbocycles. The predicted octanol–water partition coefficient (Wildman–Crippen LogP) is 1.09. The summed E-state index contributed by atoms with van der Waals surface area (Å²) in [6, 6.07) is -1.14. The van der Waals surface area contributed by atoms with Crippen molar-refractivity contribution in [1.82, 2.24) is 9.71 Å². The third-order valence-corrected chi connectivity index (χ3v) is 5.36. The van der Waals surface area contributed by atoms with E-state index in [0.717, 1.165) is 11.3 Å². The summed E-state index contributed by atoms with van der Waals surface area (Å²) in [6.07, 6.45) is 1.90. The number of thiazole rings is 1. The zero-order chi connectivity index (χ0) is 13.9. The Morgan fingerprint density at radius 2 is 2.17 bits per heavy atom. The largest absolute Gasteiger partial charge is 0.480 e. The van der Waals surface area contributed by atoms with Crippen molar-refractivity contribution in [2.75, 3.05) is 0 Å². The minimum Gasteiger partial charge on any atom is -0.480 e. The summed E-state index contributed by atoms with van der Waals surface area (Å²) in [4.78, 5) is 14.9. The van der Waals surface area contributed by atoms with Gasteiger partial charge in [0, 0.05) is 0 Å². The van der Waals surface area contributed by atoms with Crippen LogP contribution in [0.5, 0.6) is 0 Å². The molecule has 0 aliphatic heterocycles. The second kappa shape index (κ2) is 5.77. The number of hydrogen-bond acceptors (Lipinski definition) is 5. The van der Waals surface area contributed by atoms with Gasteiger partial charge in [-0.3, -0.25) is 4.79 Å². The normalized spacial score (nSPS) is 13.8. The van der Waals surface area contributed by atoms with Gasteiger partial charge >= 0.3 is 5.97 Å². The number of carboxylic acids is 1. The second-order valence-electron chi connectivity index (χ2n) is 4.11. The number of hydrogen-bond donors (Lipinski definition) is 2. The maximum atomic E-state index is 12.0. The molecule has 0 aromatic carbocycles. The molecular weight excluding hydrogens is 276 g/mol. The van der Waals surface area contributed by atoms with E-state index < -0.39 is 22.0 Å². The highest BCUT2D eigenvalue weighted by Gasteiger charge is 2.29. The minimum absolute atomic E-state index is 0.0475. The van der Waals surface area contributed by atoms with Crippen LogP contribution in [0.1, 0.15) is 25.8 Å². The Labute approximate surface area is 110 Å². The van der Waals surface area contributed by atoms with Crippen molar-refractivity contribution >= 4 is 27.3 Å². The van der Waals surface area contributed by atoms with Crippen molar-refractivity contribution in [1.29, 1.82) is 0 Å². The summed E-state index contributed by atoms with van der Waals surface area (Å²) in [6.45, 7) is 5.16. The van der Waals surface area contributed by atoms with Gasteiger partial charge in [-0.15, -0.1) is 11.3 Å². The third kappa shape index (κ3) is 3.50. The first-order valence-corrected chi connectivity index (χ1v) is 7.77. The van der Waals surface area contributed by atoms with E-state index in [-0.39, 0.29) is 10.1 Å². The topological polar surface area (TPSA) is 96.4 Å². The Morgan fingerprint density at radius 3 is 2.56 bits per heavy atom. The van der Waals surface area contributed by atoms with E-state index in [9.17, 15) is 13.2 Å². The zero-order valence-corrected chi connectivity index (χ0v) is 12.0. The third-order valence-electron chi connectivity index (χ3n) is 2.31. The lowest BCUT2D eigenvalue weighted by molar-refractivity contribution is -0.140. The standard InChI is InChI=1S/C10H16N2O4S2/c1-4-7-11-5-8(17-7)18(15,16)12-9(6(2)3)10(13)14/h5-6,9,12H,4H2,1-3H3,(H,13,14). The molecule has 102 valence electrons. The number of carbonyl (C=O) groups is 1. The number of carboxylic acid groups (broad SMARTS) is 1. The SMILES string of the molecule is CCc1ncc(S(=O)(=O)NC(C(=O)O)C(C)C)s1. The molecule has 0 fully saturated rings. The highest BCUT2D eigenvalue weighted by molar-refractivity contribution is 7.91. The lowest BCUT2D eigenvalue weighted by Crippen LogP contribution is -2.43. The first-order chi connectivity index (χ1) is 8.27. The van der Waals surface area contributed by atoms with Gasteiger partial charge in [0.15, 0.2) is 4.21 Å². The molecule has 0 radical (unpaired) electrons. The van der Waals surface area contributed by atoms with Gasteiger partial charge in [-0.25, -0.2) is 13.4 Å². The van der Waals surface area contributed by atoms with Crippen LogP contribution in [0.2, 0.25) is 0 Å². The minimum atomic E-state index is -3.81. The van der Waals surface area contributed by atoms with E-state index in [2.05, 4.69) is 9.71 Å². The van der Waals surface area contributed by atoms with E-state index in [4.69, 9.17) is 5.11 Å². The fourth-order valence-electron chi connectivity index (χ4n) is 1.28. The fourth-order valence-corrected chi connectivity index (χ4v) is 3.75. The van der Waals surface area contributed by atoms with Crippen molar-refractivity contribution in [3.63, 3.8) is 0 Å². The van der Waals surface area contributed by atoms with Gasteiger partial charge < -0.3 is 5.11 Å². The monoisotopic (exact) mass is 292 g/mol. The van der Waals surface area contributed by atoms with Crippen molar-refractivity contribution in [2.24, 2.45) is 5.92 Å². The van der Waals surface area contributed by atoms with E-state index in [1.807, 2.05) is 6.92 Å². The van der Waals surface area contributed by atoms with Crippen LogP contribution in [0.25, 0.3) is 0 Å². The number of nitrogens with one attached hydrogen (secondary N) is 1. The molecule has 0 aliphatic rings. The molecule has 0 amide bonds. The van der Waals surface area contributed by atoms with Gasteiger partial charge in [0.1, 0.15) is 6.04 Å². The second-order valence-corrected chi connectivity index (χ2v) is 7.16. The summed E-state index contributed by atoms with van der Waals surface area (Å²) >= 11 is 1.05. The first kappa shape index (κ1) is 15.1. The highest BCUT2D eigenvalue weighted by atomic mass is 32.2. The molecule has 0 saturated carbocycles. The first-order valence-electron chi connectivity index (χ1n) is 5.47. The summed E-state index contributed by atoms with van der Waals surface area (Å²) in [5, 5.41) is 9.67. The molecule has 1 heterocycles. The maximum Gasteiger partial charge on any atom is 0.322 e. The average molecular weight is 292 g/mol. The van der Waals surface area contributed by atoms with Crippen LogP contribution in [-0.4, -0.2) is 30.5 Å². The molecule has 1 atom stereocenters. The Balaban J connectivity index is 2.96. The van der Waals surface area contributed by atoms with E-state index in [1.165, 1.54) is 6.20 Å². The van der Waals surface area contributed by atoms with Crippen LogP contribution in [0.15, 0.2) is 10.4 Å². The summed E-state index contributed by atoms with van der Waals surface area (Å²) in [5.74, 6) is -1.52. The van der Waals surface area contributed by atoms with Gasteiger partial charge in [-0.1, -0.05) is 20.8 Å². The quantitative estimate of drug-likeness (QED) is 0.818. The van der Waals surface area contributed by atoms with Crippen LogP contribution < -0.4 is 4.72 Å². The van der Waals surface area contributed by atoms with Gasteiger partial charge in [0.05, 0.1) is 11.2 Å². The molecular formula is C10H16N2O4S2. The highest BCUT2D eigenvalue weighted by Crippen LogP contribution is 2.20. The van der Waals surface area contributed by atoms with Gasteiger partial charge in [-0.2, -0.15) is 4.72 Å². The maximum absolute atomic E-state index is 12.0. The van der Waals surface area contributed by atoms with Crippen LogP contribution in [0.4, 0.5) is 0 Å². The number of aliphatic carboxylic acids is 1. The van der Waals surface area contributed by atoms with Crippen LogP contribution in [-0.2, 0) is 21.2 Å². The number of aromatic nitrogens is 1.